The Hall–Kier alpha value is -1.83. The molecule has 0 aromatic heterocycles. The predicted octanol–water partition coefficient (Wildman–Crippen LogP) is 2.96. The van der Waals surface area contributed by atoms with Crippen molar-refractivity contribution in [1.82, 2.24) is 0 Å². The first-order valence-corrected chi connectivity index (χ1v) is 6.00. The van der Waals surface area contributed by atoms with E-state index >= 15 is 0 Å². The van der Waals surface area contributed by atoms with Crippen molar-refractivity contribution in [2.24, 2.45) is 0 Å². The Labute approximate surface area is 99.9 Å². The second kappa shape index (κ2) is 3.88. The van der Waals surface area contributed by atoms with E-state index in [1.54, 1.807) is 0 Å². The van der Waals surface area contributed by atoms with Gasteiger partial charge in [-0.15, -0.1) is 0 Å². The first-order valence-electron chi connectivity index (χ1n) is 6.00. The molecule has 2 nitrogen and oxygen atoms in total. The molecule has 17 heavy (non-hydrogen) atoms. The number of hydrogen-bond donors (Lipinski definition) is 1. The average Bonchev–Trinajstić information content (AvgIpc) is 2.74. The summed E-state index contributed by atoms with van der Waals surface area (Å²) in [5.41, 5.74) is 3.99. The van der Waals surface area contributed by atoms with Gasteiger partial charge in [0.25, 0.3) is 0 Å². The van der Waals surface area contributed by atoms with E-state index in [2.05, 4.69) is 30.3 Å². The lowest BCUT2D eigenvalue weighted by Gasteiger charge is -2.07. The highest BCUT2D eigenvalue weighted by molar-refractivity contribution is 5.93. The first-order chi connectivity index (χ1) is 8.25. The number of benzene rings is 2. The summed E-state index contributed by atoms with van der Waals surface area (Å²) in [5, 5.41) is 11.4. The minimum Gasteiger partial charge on any atom is -0.481 e. The Balaban J connectivity index is 2.12. The zero-order valence-corrected chi connectivity index (χ0v) is 9.57. The molecule has 0 radical (unpaired) electrons. The summed E-state index contributed by atoms with van der Waals surface area (Å²) in [6.07, 6.45) is 3.07. The van der Waals surface area contributed by atoms with Gasteiger partial charge < -0.3 is 5.11 Å². The Bertz CT molecular complexity index is 589. The number of carboxylic acid groups (broad SMARTS) is 1. The lowest BCUT2D eigenvalue weighted by Crippen LogP contribution is -1.98. The maximum absolute atomic E-state index is 10.7. The monoisotopic (exact) mass is 226 g/mol. The standard InChI is InChI=1S/C15H14O2/c16-14(17)9-8-10-4-5-12-7-6-11-2-1-3-13(10)15(11)12/h1-5H,6-9H2,(H,16,17). The van der Waals surface area contributed by atoms with Gasteiger partial charge in [0.2, 0.25) is 0 Å². The maximum Gasteiger partial charge on any atom is 0.303 e. The number of carbonyl (C=O) groups is 1. The van der Waals surface area contributed by atoms with E-state index in [1.165, 1.54) is 21.9 Å². The zero-order chi connectivity index (χ0) is 11.8. The molecular weight excluding hydrogens is 212 g/mol. The van der Waals surface area contributed by atoms with Crippen LogP contribution in [0.2, 0.25) is 0 Å². The summed E-state index contributed by atoms with van der Waals surface area (Å²) >= 11 is 0. The molecule has 2 heteroatoms. The molecule has 0 saturated carbocycles. The fraction of sp³-hybridized carbons (Fsp3) is 0.267. The van der Waals surface area contributed by atoms with E-state index in [9.17, 15) is 4.79 Å². The minimum absolute atomic E-state index is 0.207. The lowest BCUT2D eigenvalue weighted by molar-refractivity contribution is -0.136. The summed E-state index contributed by atoms with van der Waals surface area (Å²) in [6, 6.07) is 10.6. The molecule has 1 aliphatic carbocycles. The average molecular weight is 226 g/mol. The SMILES string of the molecule is O=C(O)CCc1ccc2c3c(cccc13)CC2. The summed E-state index contributed by atoms with van der Waals surface area (Å²) in [4.78, 5) is 10.7. The second-order valence-corrected chi connectivity index (χ2v) is 4.62. The largest absolute Gasteiger partial charge is 0.481 e. The molecule has 1 aliphatic rings. The molecule has 0 heterocycles. The van der Waals surface area contributed by atoms with E-state index in [1.807, 2.05) is 0 Å². The van der Waals surface area contributed by atoms with Crippen molar-refractivity contribution in [2.45, 2.75) is 25.7 Å². The van der Waals surface area contributed by atoms with Crippen molar-refractivity contribution in [3.05, 3.63) is 47.0 Å². The molecule has 2 aromatic rings. The Kier molecular flexibility index (Phi) is 2.36. The van der Waals surface area contributed by atoms with Gasteiger partial charge in [-0.3, -0.25) is 4.79 Å². The molecule has 86 valence electrons. The highest BCUT2D eigenvalue weighted by atomic mass is 16.4. The molecule has 0 saturated heterocycles. The fourth-order valence-corrected chi connectivity index (χ4v) is 2.77. The van der Waals surface area contributed by atoms with E-state index < -0.39 is 5.97 Å². The van der Waals surface area contributed by atoms with Gasteiger partial charge >= 0.3 is 5.97 Å². The highest BCUT2D eigenvalue weighted by Gasteiger charge is 2.15. The summed E-state index contributed by atoms with van der Waals surface area (Å²) in [6.45, 7) is 0. The quantitative estimate of drug-likeness (QED) is 0.873. The van der Waals surface area contributed by atoms with Crippen LogP contribution in [-0.2, 0) is 24.1 Å². The van der Waals surface area contributed by atoms with Crippen LogP contribution in [0.15, 0.2) is 30.3 Å². The van der Waals surface area contributed by atoms with Gasteiger partial charge in [0.15, 0.2) is 0 Å². The third-order valence-corrected chi connectivity index (χ3v) is 3.58. The van der Waals surface area contributed by atoms with Crippen LogP contribution >= 0.6 is 0 Å². The molecule has 2 aromatic carbocycles. The molecular formula is C15H14O2. The van der Waals surface area contributed by atoms with Crippen molar-refractivity contribution >= 4 is 16.7 Å². The lowest BCUT2D eigenvalue weighted by atomic mass is 9.97. The summed E-state index contributed by atoms with van der Waals surface area (Å²) in [7, 11) is 0. The predicted molar refractivity (Wildman–Crippen MR) is 67.3 cm³/mol. The van der Waals surface area contributed by atoms with E-state index in [0.717, 1.165) is 18.4 Å². The second-order valence-electron chi connectivity index (χ2n) is 4.62. The van der Waals surface area contributed by atoms with Crippen LogP contribution in [0.5, 0.6) is 0 Å². The Morgan fingerprint density at radius 3 is 2.65 bits per heavy atom. The number of carboxylic acids is 1. The van der Waals surface area contributed by atoms with Crippen molar-refractivity contribution in [3.8, 4) is 0 Å². The van der Waals surface area contributed by atoms with Crippen LogP contribution in [0, 0.1) is 0 Å². The summed E-state index contributed by atoms with van der Waals surface area (Å²) < 4.78 is 0. The summed E-state index contributed by atoms with van der Waals surface area (Å²) in [5.74, 6) is -0.728. The number of rotatable bonds is 3. The van der Waals surface area contributed by atoms with E-state index in [0.29, 0.717) is 6.42 Å². The van der Waals surface area contributed by atoms with Gasteiger partial charge in [0.05, 0.1) is 0 Å². The van der Waals surface area contributed by atoms with Crippen molar-refractivity contribution in [1.29, 1.82) is 0 Å². The van der Waals surface area contributed by atoms with Gasteiger partial charge in [-0.25, -0.2) is 0 Å². The molecule has 0 bridgehead atoms. The van der Waals surface area contributed by atoms with Crippen LogP contribution in [0.3, 0.4) is 0 Å². The first kappa shape index (κ1) is 10.3. The van der Waals surface area contributed by atoms with Crippen LogP contribution in [0.25, 0.3) is 10.8 Å². The van der Waals surface area contributed by atoms with Gasteiger partial charge in [-0.05, 0) is 46.7 Å². The number of aliphatic carboxylic acids is 1. The molecule has 0 unspecified atom stereocenters. The molecule has 0 amide bonds. The molecule has 0 aliphatic heterocycles. The molecule has 0 fully saturated rings. The molecule has 3 rings (SSSR count). The van der Waals surface area contributed by atoms with Crippen molar-refractivity contribution in [2.75, 3.05) is 0 Å². The van der Waals surface area contributed by atoms with Crippen molar-refractivity contribution < 1.29 is 9.90 Å². The van der Waals surface area contributed by atoms with Gasteiger partial charge in [-0.1, -0.05) is 30.3 Å². The van der Waals surface area contributed by atoms with E-state index in [-0.39, 0.29) is 6.42 Å². The van der Waals surface area contributed by atoms with E-state index in [4.69, 9.17) is 5.11 Å². The van der Waals surface area contributed by atoms with Crippen molar-refractivity contribution in [3.63, 3.8) is 0 Å². The smallest absolute Gasteiger partial charge is 0.303 e. The van der Waals surface area contributed by atoms with Gasteiger partial charge in [0.1, 0.15) is 0 Å². The number of hydrogen-bond acceptors (Lipinski definition) is 1. The van der Waals surface area contributed by atoms with Crippen LogP contribution in [-0.4, -0.2) is 11.1 Å². The minimum atomic E-state index is -0.728. The normalized spacial score (nSPS) is 13.2. The number of aryl methyl sites for hydroxylation is 3. The maximum atomic E-state index is 10.7. The molecule has 0 spiro atoms. The van der Waals surface area contributed by atoms with Crippen LogP contribution in [0.1, 0.15) is 23.1 Å². The van der Waals surface area contributed by atoms with Crippen LogP contribution < -0.4 is 0 Å². The van der Waals surface area contributed by atoms with Crippen LogP contribution in [0.4, 0.5) is 0 Å². The third kappa shape index (κ3) is 1.70. The van der Waals surface area contributed by atoms with Gasteiger partial charge in [0, 0.05) is 6.42 Å². The topological polar surface area (TPSA) is 37.3 Å². The Morgan fingerprint density at radius 2 is 1.88 bits per heavy atom. The highest BCUT2D eigenvalue weighted by Crippen LogP contribution is 2.33. The third-order valence-electron chi connectivity index (χ3n) is 3.58. The van der Waals surface area contributed by atoms with Gasteiger partial charge in [-0.2, -0.15) is 0 Å². The fourth-order valence-electron chi connectivity index (χ4n) is 2.77. The Morgan fingerprint density at radius 1 is 1.12 bits per heavy atom. The molecule has 0 atom stereocenters. The molecule has 1 N–H and O–H groups in total. The zero-order valence-electron chi connectivity index (χ0n) is 9.57.